The lowest BCUT2D eigenvalue weighted by molar-refractivity contribution is -0.130. The van der Waals surface area contributed by atoms with Crippen LogP contribution in [-0.2, 0) is 4.79 Å². The molecule has 2 N–H and O–H groups in total. The van der Waals surface area contributed by atoms with Crippen LogP contribution in [0.15, 0.2) is 54.3 Å². The Labute approximate surface area is 238 Å². The topological polar surface area (TPSA) is 104 Å². The van der Waals surface area contributed by atoms with E-state index in [2.05, 4.69) is 21.4 Å². The third kappa shape index (κ3) is 4.77. The molecule has 3 aromatic rings. The number of hydrogen-bond acceptors (Lipinski definition) is 8. The lowest BCUT2D eigenvalue weighted by atomic mass is 10.0. The Hall–Kier alpha value is -4.05. The van der Waals surface area contributed by atoms with Crippen LogP contribution in [0.5, 0.6) is 0 Å². The van der Waals surface area contributed by atoms with E-state index in [0.717, 1.165) is 5.69 Å². The molecule has 1 fully saturated rings. The third-order valence-electron chi connectivity index (χ3n) is 7.35. The summed E-state index contributed by atoms with van der Waals surface area (Å²) in [6.07, 6.45) is 2.79. The molecule has 2 aromatic heterocycles. The Morgan fingerprint density at radius 1 is 1.18 bits per heavy atom. The zero-order valence-corrected chi connectivity index (χ0v) is 23.7. The van der Waals surface area contributed by atoms with Gasteiger partial charge in [-0.2, -0.15) is 0 Å². The van der Waals surface area contributed by atoms with Crippen molar-refractivity contribution in [1.82, 2.24) is 24.8 Å². The number of amidine groups is 1. The molecule has 11 heteroatoms. The molecule has 4 heterocycles. The van der Waals surface area contributed by atoms with Gasteiger partial charge in [0.05, 0.1) is 22.0 Å². The smallest absolute Gasteiger partial charge is 0.246 e. The number of aromatic nitrogens is 3. The van der Waals surface area contributed by atoms with E-state index in [1.165, 1.54) is 18.5 Å². The molecular formula is C29H32ClFN8O. The lowest BCUT2D eigenvalue weighted by Gasteiger charge is -2.46. The summed E-state index contributed by atoms with van der Waals surface area (Å²) in [5.41, 5.74) is 9.06. The molecule has 2 aliphatic rings. The van der Waals surface area contributed by atoms with E-state index in [-0.39, 0.29) is 30.6 Å². The maximum Gasteiger partial charge on any atom is 0.246 e. The van der Waals surface area contributed by atoms with Gasteiger partial charge in [-0.05, 0) is 44.0 Å². The minimum absolute atomic E-state index is 0.0420. The van der Waals surface area contributed by atoms with Gasteiger partial charge in [0.15, 0.2) is 5.82 Å². The average Bonchev–Trinajstić information content (AvgIpc) is 2.93. The number of carbonyl (C=O) groups is 1. The fourth-order valence-electron chi connectivity index (χ4n) is 5.36. The van der Waals surface area contributed by atoms with E-state index in [9.17, 15) is 9.18 Å². The summed E-state index contributed by atoms with van der Waals surface area (Å²) in [6, 6.07) is 8.06. The molecule has 0 spiro atoms. The standard InChI is InChI=1S/C29H32ClFN8O/c1-6-23(40)37-12-18(5)38(13-17(37)4)28-20-11-21(30)25(19-9-7-8-10-22(19)31)36-29(20)39(15-35-28)26-24(16(2)3)33-14-34-27(26)32/h6-11,14,16-18H,1,12-13,15H2,2-5H3,(H2,32,33,34)/t17-,18+/m1/s1. The summed E-state index contributed by atoms with van der Waals surface area (Å²) in [7, 11) is 0. The maximum absolute atomic E-state index is 14.9. The number of nitrogens with zero attached hydrogens (tertiary/aromatic N) is 7. The number of halogens is 2. The van der Waals surface area contributed by atoms with E-state index in [1.54, 1.807) is 24.3 Å². The molecule has 1 saturated heterocycles. The second kappa shape index (κ2) is 10.8. The molecule has 0 radical (unpaired) electrons. The highest BCUT2D eigenvalue weighted by Crippen LogP contribution is 2.41. The summed E-state index contributed by atoms with van der Waals surface area (Å²) in [6.45, 7) is 13.0. The fraction of sp³-hybridized carbons (Fsp3) is 0.345. The van der Waals surface area contributed by atoms with Gasteiger partial charge < -0.3 is 20.4 Å². The summed E-state index contributed by atoms with van der Waals surface area (Å²) < 4.78 is 14.9. The van der Waals surface area contributed by atoms with Crippen LogP contribution in [0.1, 0.15) is 44.9 Å². The largest absolute Gasteiger partial charge is 0.382 e. The van der Waals surface area contributed by atoms with Crippen LogP contribution in [0.4, 0.5) is 21.7 Å². The number of hydrogen-bond donors (Lipinski definition) is 1. The Morgan fingerprint density at radius 3 is 2.62 bits per heavy atom. The Morgan fingerprint density at radius 2 is 1.93 bits per heavy atom. The van der Waals surface area contributed by atoms with Gasteiger partial charge in [0.1, 0.15) is 36.2 Å². The first-order valence-electron chi connectivity index (χ1n) is 13.2. The highest BCUT2D eigenvalue weighted by Gasteiger charge is 2.37. The van der Waals surface area contributed by atoms with E-state index < -0.39 is 5.82 Å². The zero-order valence-electron chi connectivity index (χ0n) is 23.0. The summed E-state index contributed by atoms with van der Waals surface area (Å²) in [5.74, 6) is 1.04. The van der Waals surface area contributed by atoms with Gasteiger partial charge >= 0.3 is 0 Å². The van der Waals surface area contributed by atoms with Gasteiger partial charge in [-0.15, -0.1) is 0 Å². The van der Waals surface area contributed by atoms with Gasteiger partial charge in [-0.1, -0.05) is 44.2 Å². The van der Waals surface area contributed by atoms with Crippen LogP contribution in [-0.4, -0.2) is 68.3 Å². The van der Waals surface area contributed by atoms with Crippen molar-refractivity contribution < 1.29 is 9.18 Å². The van der Waals surface area contributed by atoms with Crippen LogP contribution >= 0.6 is 11.6 Å². The quantitative estimate of drug-likeness (QED) is 0.446. The number of carbonyl (C=O) groups excluding carboxylic acids is 1. The minimum atomic E-state index is -0.427. The van der Waals surface area contributed by atoms with Crippen LogP contribution in [0.3, 0.4) is 0 Å². The molecule has 9 nitrogen and oxygen atoms in total. The molecule has 208 valence electrons. The van der Waals surface area contributed by atoms with Crippen LogP contribution in [0, 0.1) is 5.82 Å². The number of piperazine rings is 1. The number of fused-ring (bicyclic) bond motifs is 1. The van der Waals surface area contributed by atoms with Crippen LogP contribution in [0.25, 0.3) is 11.3 Å². The summed E-state index contributed by atoms with van der Waals surface area (Å²) >= 11 is 6.79. The molecule has 5 rings (SSSR count). The average molecular weight is 563 g/mol. The number of nitrogens with two attached hydrogens (primary N) is 1. The minimum Gasteiger partial charge on any atom is -0.382 e. The second-order valence-corrected chi connectivity index (χ2v) is 10.8. The molecule has 0 aliphatic carbocycles. The third-order valence-corrected chi connectivity index (χ3v) is 7.64. The van der Waals surface area contributed by atoms with Crippen molar-refractivity contribution in [3.05, 3.63) is 71.4 Å². The molecule has 1 aromatic carbocycles. The van der Waals surface area contributed by atoms with Gasteiger partial charge in [0.2, 0.25) is 5.91 Å². The molecule has 0 unspecified atom stereocenters. The molecule has 0 saturated carbocycles. The van der Waals surface area contributed by atoms with E-state index in [0.29, 0.717) is 58.1 Å². The first kappa shape index (κ1) is 27.5. The van der Waals surface area contributed by atoms with Gasteiger partial charge in [0, 0.05) is 30.7 Å². The van der Waals surface area contributed by atoms with Crippen molar-refractivity contribution in [2.75, 3.05) is 30.4 Å². The Bertz CT molecular complexity index is 1510. The van der Waals surface area contributed by atoms with E-state index in [4.69, 9.17) is 27.3 Å². The van der Waals surface area contributed by atoms with Gasteiger partial charge in [-0.3, -0.25) is 4.79 Å². The molecule has 40 heavy (non-hydrogen) atoms. The van der Waals surface area contributed by atoms with Crippen LogP contribution < -0.4 is 10.6 Å². The Balaban J connectivity index is 1.67. The number of amides is 1. The van der Waals surface area contributed by atoms with Gasteiger partial charge in [-0.25, -0.2) is 24.3 Å². The Kier molecular flexibility index (Phi) is 7.46. The normalized spacial score (nSPS) is 19.0. The fourth-order valence-corrected chi connectivity index (χ4v) is 5.61. The maximum atomic E-state index is 14.9. The van der Waals surface area contributed by atoms with Crippen molar-refractivity contribution in [2.45, 2.75) is 45.7 Å². The lowest BCUT2D eigenvalue weighted by Crippen LogP contribution is -2.59. The van der Waals surface area contributed by atoms with Crippen molar-refractivity contribution in [3.63, 3.8) is 0 Å². The first-order chi connectivity index (χ1) is 19.1. The zero-order chi connectivity index (χ0) is 28.7. The number of aliphatic imine (C=N–C) groups is 1. The molecular weight excluding hydrogens is 531 g/mol. The number of rotatable bonds is 4. The SMILES string of the molecule is C=CC(=O)N1C[C@H](C)N(C2=NCN(c3c(N)ncnc3C(C)C)c3nc(-c4ccccc4F)c(Cl)cc32)C[C@H]1C. The predicted octanol–water partition coefficient (Wildman–Crippen LogP) is 5.00. The first-order valence-corrected chi connectivity index (χ1v) is 13.6. The van der Waals surface area contributed by atoms with Crippen molar-refractivity contribution in [3.8, 4) is 11.3 Å². The van der Waals surface area contributed by atoms with Crippen LogP contribution in [0.2, 0.25) is 5.02 Å². The van der Waals surface area contributed by atoms with E-state index in [1.807, 2.05) is 37.5 Å². The predicted molar refractivity (Wildman–Crippen MR) is 156 cm³/mol. The number of pyridine rings is 1. The molecule has 1 amide bonds. The second-order valence-electron chi connectivity index (χ2n) is 10.4. The number of nitrogen functional groups attached to an aromatic ring is 1. The van der Waals surface area contributed by atoms with Gasteiger partial charge in [0.25, 0.3) is 0 Å². The van der Waals surface area contributed by atoms with Crippen molar-refractivity contribution in [2.24, 2.45) is 4.99 Å². The van der Waals surface area contributed by atoms with Crippen molar-refractivity contribution >= 4 is 40.7 Å². The highest BCUT2D eigenvalue weighted by molar-refractivity contribution is 6.33. The summed E-state index contributed by atoms with van der Waals surface area (Å²) in [5, 5.41) is 0.293. The number of anilines is 3. The summed E-state index contributed by atoms with van der Waals surface area (Å²) in [4.78, 5) is 37.0. The molecule has 0 bridgehead atoms. The number of benzene rings is 1. The monoisotopic (exact) mass is 562 g/mol. The molecule has 2 aliphatic heterocycles. The molecule has 2 atom stereocenters. The van der Waals surface area contributed by atoms with Crippen molar-refractivity contribution in [1.29, 1.82) is 0 Å². The van der Waals surface area contributed by atoms with E-state index >= 15 is 0 Å². The highest BCUT2D eigenvalue weighted by atomic mass is 35.5.